The Morgan fingerprint density at radius 2 is 1.89 bits per heavy atom. The molecular formula is C16H26N2O. The van der Waals surface area contributed by atoms with Crippen LogP contribution in [0.4, 0.5) is 0 Å². The molecule has 2 N–H and O–H groups in total. The SMILES string of the molecule is CCCNCC1CCN(Cc2ccc(O)cc2)CC1. The number of phenols is 1. The van der Waals surface area contributed by atoms with Crippen molar-refractivity contribution in [1.29, 1.82) is 0 Å². The Labute approximate surface area is 116 Å². The Morgan fingerprint density at radius 1 is 1.21 bits per heavy atom. The van der Waals surface area contributed by atoms with E-state index in [2.05, 4.69) is 17.1 Å². The van der Waals surface area contributed by atoms with Crippen LogP contribution in [0.1, 0.15) is 31.7 Å². The van der Waals surface area contributed by atoms with E-state index in [1.165, 1.54) is 44.5 Å². The van der Waals surface area contributed by atoms with Crippen LogP contribution in [-0.4, -0.2) is 36.2 Å². The van der Waals surface area contributed by atoms with Crippen LogP contribution >= 0.6 is 0 Å². The minimum Gasteiger partial charge on any atom is -0.508 e. The highest BCUT2D eigenvalue weighted by atomic mass is 16.3. The predicted octanol–water partition coefficient (Wildman–Crippen LogP) is 2.60. The van der Waals surface area contributed by atoms with E-state index in [9.17, 15) is 5.11 Å². The van der Waals surface area contributed by atoms with Crippen LogP contribution in [0.2, 0.25) is 0 Å². The van der Waals surface area contributed by atoms with Gasteiger partial charge in [-0.2, -0.15) is 0 Å². The Bertz CT molecular complexity index is 356. The lowest BCUT2D eigenvalue weighted by atomic mass is 9.96. The number of aromatic hydroxyl groups is 1. The molecule has 0 saturated carbocycles. The quantitative estimate of drug-likeness (QED) is 0.774. The normalized spacial score (nSPS) is 17.7. The molecule has 0 amide bonds. The van der Waals surface area contributed by atoms with E-state index in [4.69, 9.17) is 0 Å². The zero-order valence-corrected chi connectivity index (χ0v) is 11.9. The van der Waals surface area contributed by atoms with E-state index in [0.717, 1.165) is 19.0 Å². The lowest BCUT2D eigenvalue weighted by Crippen LogP contribution is -2.37. The topological polar surface area (TPSA) is 35.5 Å². The summed E-state index contributed by atoms with van der Waals surface area (Å²) in [6.07, 6.45) is 3.82. The van der Waals surface area contributed by atoms with E-state index in [0.29, 0.717) is 5.75 Å². The highest BCUT2D eigenvalue weighted by molar-refractivity contribution is 5.25. The molecule has 0 aliphatic carbocycles. The fraction of sp³-hybridized carbons (Fsp3) is 0.625. The summed E-state index contributed by atoms with van der Waals surface area (Å²) < 4.78 is 0. The average molecular weight is 262 g/mol. The molecule has 0 aromatic heterocycles. The van der Waals surface area contributed by atoms with Crippen molar-refractivity contribution in [1.82, 2.24) is 10.2 Å². The monoisotopic (exact) mass is 262 g/mol. The zero-order chi connectivity index (χ0) is 13.5. The van der Waals surface area contributed by atoms with Crippen molar-refractivity contribution in [3.63, 3.8) is 0 Å². The molecule has 3 heteroatoms. The third-order valence-corrected chi connectivity index (χ3v) is 3.91. The lowest BCUT2D eigenvalue weighted by Gasteiger charge is -2.32. The van der Waals surface area contributed by atoms with Crippen LogP contribution in [0.3, 0.4) is 0 Å². The average Bonchev–Trinajstić information content (AvgIpc) is 2.44. The number of hydrogen-bond acceptors (Lipinski definition) is 3. The van der Waals surface area contributed by atoms with Gasteiger partial charge in [0.25, 0.3) is 0 Å². The molecule has 2 rings (SSSR count). The Balaban J connectivity index is 1.69. The smallest absolute Gasteiger partial charge is 0.115 e. The second-order valence-electron chi connectivity index (χ2n) is 5.59. The number of nitrogens with one attached hydrogen (secondary N) is 1. The van der Waals surface area contributed by atoms with Gasteiger partial charge >= 0.3 is 0 Å². The number of phenolic OH excluding ortho intramolecular Hbond substituents is 1. The Kier molecular flexibility index (Phi) is 5.67. The second-order valence-corrected chi connectivity index (χ2v) is 5.59. The predicted molar refractivity (Wildman–Crippen MR) is 79.3 cm³/mol. The van der Waals surface area contributed by atoms with Crippen molar-refractivity contribution in [2.24, 2.45) is 5.92 Å². The summed E-state index contributed by atoms with van der Waals surface area (Å²) in [6, 6.07) is 7.59. The van der Waals surface area contributed by atoms with E-state index in [1.807, 2.05) is 12.1 Å². The van der Waals surface area contributed by atoms with Crippen LogP contribution < -0.4 is 5.32 Å². The molecule has 1 saturated heterocycles. The molecule has 1 aromatic rings. The molecule has 0 radical (unpaired) electrons. The van der Waals surface area contributed by atoms with Gasteiger partial charge in [0.15, 0.2) is 0 Å². The lowest BCUT2D eigenvalue weighted by molar-refractivity contribution is 0.175. The molecule has 1 heterocycles. The number of benzene rings is 1. The summed E-state index contributed by atoms with van der Waals surface area (Å²) in [5, 5.41) is 12.8. The van der Waals surface area contributed by atoms with Crippen LogP contribution in [-0.2, 0) is 6.54 Å². The number of piperidine rings is 1. The summed E-state index contributed by atoms with van der Waals surface area (Å²) in [6.45, 7) is 7.94. The maximum atomic E-state index is 9.28. The van der Waals surface area contributed by atoms with Gasteiger partial charge in [-0.1, -0.05) is 19.1 Å². The van der Waals surface area contributed by atoms with Crippen molar-refractivity contribution < 1.29 is 5.11 Å². The van der Waals surface area contributed by atoms with Gasteiger partial charge in [-0.15, -0.1) is 0 Å². The maximum absolute atomic E-state index is 9.28. The Morgan fingerprint density at radius 3 is 2.53 bits per heavy atom. The molecule has 0 spiro atoms. The molecule has 19 heavy (non-hydrogen) atoms. The minimum absolute atomic E-state index is 0.351. The van der Waals surface area contributed by atoms with E-state index in [1.54, 1.807) is 12.1 Å². The van der Waals surface area contributed by atoms with Crippen molar-refractivity contribution >= 4 is 0 Å². The van der Waals surface area contributed by atoms with Crippen LogP contribution in [0.25, 0.3) is 0 Å². The molecular weight excluding hydrogens is 236 g/mol. The largest absolute Gasteiger partial charge is 0.508 e. The third-order valence-electron chi connectivity index (χ3n) is 3.91. The first-order valence-corrected chi connectivity index (χ1v) is 7.49. The summed E-state index contributed by atoms with van der Waals surface area (Å²) in [7, 11) is 0. The standard InChI is InChI=1S/C16H26N2O/c1-2-9-17-12-14-7-10-18(11-8-14)13-15-3-5-16(19)6-4-15/h3-6,14,17,19H,2,7-13H2,1H3. The summed E-state index contributed by atoms with van der Waals surface area (Å²) >= 11 is 0. The maximum Gasteiger partial charge on any atom is 0.115 e. The molecule has 0 atom stereocenters. The summed E-state index contributed by atoms with van der Waals surface area (Å²) in [5.74, 6) is 1.20. The first-order chi connectivity index (χ1) is 9.28. The number of hydrogen-bond donors (Lipinski definition) is 2. The van der Waals surface area contributed by atoms with Gasteiger partial charge in [0.2, 0.25) is 0 Å². The highest BCUT2D eigenvalue weighted by Gasteiger charge is 2.18. The van der Waals surface area contributed by atoms with Gasteiger partial charge in [0.1, 0.15) is 5.75 Å². The van der Waals surface area contributed by atoms with Gasteiger partial charge in [-0.05, 0) is 69.1 Å². The van der Waals surface area contributed by atoms with Gasteiger partial charge in [-0.25, -0.2) is 0 Å². The number of rotatable bonds is 6. The van der Waals surface area contributed by atoms with E-state index < -0.39 is 0 Å². The van der Waals surface area contributed by atoms with Crippen LogP contribution in [0, 0.1) is 5.92 Å². The second kappa shape index (κ2) is 7.51. The summed E-state index contributed by atoms with van der Waals surface area (Å²) in [4.78, 5) is 2.52. The third kappa shape index (κ3) is 4.84. The molecule has 0 unspecified atom stereocenters. The Hall–Kier alpha value is -1.06. The van der Waals surface area contributed by atoms with Gasteiger partial charge in [0.05, 0.1) is 0 Å². The zero-order valence-electron chi connectivity index (χ0n) is 11.9. The number of likely N-dealkylation sites (tertiary alicyclic amines) is 1. The van der Waals surface area contributed by atoms with Crippen molar-refractivity contribution in [2.75, 3.05) is 26.2 Å². The molecule has 106 valence electrons. The molecule has 1 aliphatic rings. The van der Waals surface area contributed by atoms with Crippen molar-refractivity contribution in [3.05, 3.63) is 29.8 Å². The molecule has 1 aromatic carbocycles. The number of nitrogens with zero attached hydrogens (tertiary/aromatic N) is 1. The van der Waals surface area contributed by atoms with Gasteiger partial charge < -0.3 is 10.4 Å². The molecule has 0 bridgehead atoms. The van der Waals surface area contributed by atoms with Crippen molar-refractivity contribution in [3.8, 4) is 5.75 Å². The molecule has 1 aliphatic heterocycles. The first-order valence-electron chi connectivity index (χ1n) is 7.49. The van der Waals surface area contributed by atoms with Crippen LogP contribution in [0.15, 0.2) is 24.3 Å². The van der Waals surface area contributed by atoms with E-state index >= 15 is 0 Å². The highest BCUT2D eigenvalue weighted by Crippen LogP contribution is 2.19. The van der Waals surface area contributed by atoms with E-state index in [-0.39, 0.29) is 0 Å². The fourth-order valence-electron chi connectivity index (χ4n) is 2.69. The first kappa shape index (κ1) is 14.4. The van der Waals surface area contributed by atoms with Gasteiger partial charge in [-0.3, -0.25) is 4.90 Å². The molecule has 3 nitrogen and oxygen atoms in total. The van der Waals surface area contributed by atoms with Gasteiger partial charge in [0, 0.05) is 6.54 Å². The minimum atomic E-state index is 0.351. The fourth-order valence-corrected chi connectivity index (χ4v) is 2.69. The molecule has 1 fully saturated rings. The van der Waals surface area contributed by atoms with Crippen molar-refractivity contribution in [2.45, 2.75) is 32.7 Å². The summed E-state index contributed by atoms with van der Waals surface area (Å²) in [5.41, 5.74) is 1.29. The van der Waals surface area contributed by atoms with Crippen LogP contribution in [0.5, 0.6) is 5.75 Å².